The molecule has 0 spiro atoms. The van der Waals surface area contributed by atoms with Crippen molar-refractivity contribution in [1.82, 2.24) is 4.57 Å². The highest BCUT2D eigenvalue weighted by Gasteiger charge is 2.34. The van der Waals surface area contributed by atoms with E-state index in [4.69, 9.17) is 32.7 Å². The molecule has 0 aliphatic carbocycles. The molecule has 0 fully saturated rings. The van der Waals surface area contributed by atoms with Crippen LogP contribution in [-0.4, -0.2) is 23.8 Å². The number of carbonyl (C=O) groups excluding carboxylic acids is 1. The molecular weight excluding hydrogens is 507 g/mol. The highest BCUT2D eigenvalue weighted by atomic mass is 35.5. The van der Waals surface area contributed by atoms with Gasteiger partial charge in [-0.25, -0.2) is 9.79 Å². The quantitative estimate of drug-likeness (QED) is 0.330. The van der Waals surface area contributed by atoms with Crippen molar-refractivity contribution in [2.45, 2.75) is 19.9 Å². The number of halogens is 2. The average molecular weight is 529 g/mol. The number of thiazole rings is 1. The fourth-order valence-electron chi connectivity index (χ4n) is 3.84. The van der Waals surface area contributed by atoms with E-state index in [2.05, 4.69) is 11.6 Å². The minimum absolute atomic E-state index is 0.192. The van der Waals surface area contributed by atoms with Crippen molar-refractivity contribution in [1.29, 1.82) is 0 Å². The van der Waals surface area contributed by atoms with E-state index in [1.54, 1.807) is 62.4 Å². The van der Waals surface area contributed by atoms with Crippen LogP contribution in [0.3, 0.4) is 0 Å². The lowest BCUT2D eigenvalue weighted by Crippen LogP contribution is -2.40. The lowest BCUT2D eigenvalue weighted by Gasteiger charge is -2.25. The largest absolute Gasteiger partial charge is 0.489 e. The van der Waals surface area contributed by atoms with E-state index in [0.29, 0.717) is 48.6 Å². The molecule has 1 aliphatic heterocycles. The molecule has 0 bridgehead atoms. The molecule has 1 atom stereocenters. The number of fused-ring (bicyclic) bond motifs is 1. The van der Waals surface area contributed by atoms with Gasteiger partial charge in [0.25, 0.3) is 5.56 Å². The SMILES string of the molecule is C=CCOc1ccc(Cl)cc1/C=c1\sc2n(c1=O)[C@@H](c1ccccc1Cl)C(C(=O)OCC)=C(C)N=2. The van der Waals surface area contributed by atoms with Crippen molar-refractivity contribution in [2.75, 3.05) is 13.2 Å². The maximum absolute atomic E-state index is 13.7. The van der Waals surface area contributed by atoms with E-state index < -0.39 is 12.0 Å². The van der Waals surface area contributed by atoms with Crippen LogP contribution in [0.25, 0.3) is 6.08 Å². The molecule has 0 saturated heterocycles. The van der Waals surface area contributed by atoms with Gasteiger partial charge in [0, 0.05) is 15.6 Å². The molecule has 0 unspecified atom stereocenters. The lowest BCUT2D eigenvalue weighted by atomic mass is 9.96. The molecular formula is C26H22Cl2N2O4S. The molecule has 6 nitrogen and oxygen atoms in total. The number of carbonyl (C=O) groups is 1. The molecule has 2 aromatic carbocycles. The molecule has 180 valence electrons. The van der Waals surface area contributed by atoms with E-state index in [1.807, 2.05) is 6.07 Å². The zero-order valence-electron chi connectivity index (χ0n) is 19.1. The van der Waals surface area contributed by atoms with Gasteiger partial charge < -0.3 is 9.47 Å². The topological polar surface area (TPSA) is 69.9 Å². The van der Waals surface area contributed by atoms with Gasteiger partial charge in [-0.1, -0.05) is 65.4 Å². The van der Waals surface area contributed by atoms with E-state index >= 15 is 0 Å². The van der Waals surface area contributed by atoms with Crippen LogP contribution in [0, 0.1) is 0 Å². The minimum atomic E-state index is -0.781. The Bertz CT molecular complexity index is 1520. The maximum atomic E-state index is 13.7. The first-order chi connectivity index (χ1) is 16.8. The normalized spacial score (nSPS) is 15.4. The van der Waals surface area contributed by atoms with Gasteiger partial charge in [0.05, 0.1) is 22.4 Å². The third-order valence-electron chi connectivity index (χ3n) is 5.33. The standard InChI is InChI=1S/C26H22Cl2N2O4S/c1-4-12-34-20-11-10-17(27)13-16(20)14-21-24(31)30-23(18-8-6-7-9-19(18)28)22(25(32)33-5-2)15(3)29-26(30)35-21/h4,6-11,13-14,23H,1,5,12H2,2-3H3/b21-14-/t23-/m0/s1. The van der Waals surface area contributed by atoms with E-state index in [0.717, 1.165) is 0 Å². The van der Waals surface area contributed by atoms with Crippen molar-refractivity contribution >= 4 is 46.6 Å². The summed E-state index contributed by atoms with van der Waals surface area (Å²) in [5, 5.41) is 0.933. The van der Waals surface area contributed by atoms with Crippen molar-refractivity contribution in [3.8, 4) is 5.75 Å². The first kappa shape index (κ1) is 25.0. The Morgan fingerprint density at radius 3 is 2.74 bits per heavy atom. The van der Waals surface area contributed by atoms with Crippen LogP contribution < -0.4 is 19.6 Å². The third-order valence-corrected chi connectivity index (χ3v) is 6.89. The van der Waals surface area contributed by atoms with Crippen LogP contribution in [0.4, 0.5) is 0 Å². The second kappa shape index (κ2) is 10.6. The monoisotopic (exact) mass is 528 g/mol. The molecule has 1 aromatic heterocycles. The Morgan fingerprint density at radius 1 is 1.26 bits per heavy atom. The minimum Gasteiger partial charge on any atom is -0.489 e. The van der Waals surface area contributed by atoms with Crippen molar-refractivity contribution in [3.63, 3.8) is 0 Å². The maximum Gasteiger partial charge on any atom is 0.338 e. The number of benzene rings is 2. The summed E-state index contributed by atoms with van der Waals surface area (Å²) in [6.07, 6.45) is 3.34. The molecule has 4 rings (SSSR count). The summed E-state index contributed by atoms with van der Waals surface area (Å²) in [7, 11) is 0. The molecule has 35 heavy (non-hydrogen) atoms. The summed E-state index contributed by atoms with van der Waals surface area (Å²) in [4.78, 5) is 31.7. The number of rotatable bonds is 7. The number of aromatic nitrogens is 1. The molecule has 0 amide bonds. The predicted octanol–water partition coefficient (Wildman–Crippen LogP) is 4.67. The molecule has 1 aliphatic rings. The van der Waals surface area contributed by atoms with E-state index in [-0.39, 0.29) is 17.7 Å². The molecule has 2 heterocycles. The first-order valence-electron chi connectivity index (χ1n) is 10.8. The Hall–Kier alpha value is -3.13. The van der Waals surface area contributed by atoms with Gasteiger partial charge in [-0.05, 0) is 49.8 Å². The summed E-state index contributed by atoms with van der Waals surface area (Å²) in [5.41, 5.74) is 1.68. The fraction of sp³-hybridized carbons (Fsp3) is 0.192. The fourth-order valence-corrected chi connectivity index (χ4v) is 5.29. The van der Waals surface area contributed by atoms with Crippen molar-refractivity contribution < 1.29 is 14.3 Å². The third kappa shape index (κ3) is 4.98. The second-order valence-electron chi connectivity index (χ2n) is 7.61. The van der Waals surface area contributed by atoms with Crippen LogP contribution in [0.2, 0.25) is 10.0 Å². The van der Waals surface area contributed by atoms with Crippen LogP contribution in [0.1, 0.15) is 31.0 Å². The Labute approximate surface area is 216 Å². The summed E-state index contributed by atoms with van der Waals surface area (Å²) in [6, 6.07) is 11.5. The van der Waals surface area contributed by atoms with Gasteiger partial charge in [0.2, 0.25) is 0 Å². The van der Waals surface area contributed by atoms with Crippen LogP contribution >= 0.6 is 34.5 Å². The van der Waals surface area contributed by atoms with Crippen LogP contribution in [0.5, 0.6) is 5.75 Å². The average Bonchev–Trinajstić information content (AvgIpc) is 3.12. The van der Waals surface area contributed by atoms with Gasteiger partial charge in [0.15, 0.2) is 4.80 Å². The van der Waals surface area contributed by atoms with Crippen LogP contribution in [-0.2, 0) is 9.53 Å². The predicted molar refractivity (Wildman–Crippen MR) is 139 cm³/mol. The smallest absolute Gasteiger partial charge is 0.338 e. The van der Waals surface area contributed by atoms with Gasteiger partial charge >= 0.3 is 5.97 Å². The zero-order chi connectivity index (χ0) is 25.1. The number of hydrogen-bond acceptors (Lipinski definition) is 6. The van der Waals surface area contributed by atoms with Gasteiger partial charge in [-0.15, -0.1) is 0 Å². The number of allylic oxidation sites excluding steroid dienone is 1. The summed E-state index contributed by atoms with van der Waals surface area (Å²) < 4.78 is 12.9. The Kier molecular flexibility index (Phi) is 7.60. The highest BCUT2D eigenvalue weighted by Crippen LogP contribution is 2.34. The van der Waals surface area contributed by atoms with Gasteiger partial charge in [0.1, 0.15) is 18.4 Å². The van der Waals surface area contributed by atoms with E-state index in [9.17, 15) is 9.59 Å². The molecule has 0 saturated carbocycles. The number of esters is 1. The van der Waals surface area contributed by atoms with Gasteiger partial charge in [-0.2, -0.15) is 0 Å². The van der Waals surface area contributed by atoms with Crippen molar-refractivity contribution in [2.24, 2.45) is 4.99 Å². The second-order valence-corrected chi connectivity index (χ2v) is 9.46. The molecule has 9 heteroatoms. The zero-order valence-corrected chi connectivity index (χ0v) is 21.4. The molecule has 0 radical (unpaired) electrons. The summed E-state index contributed by atoms with van der Waals surface area (Å²) in [6.45, 7) is 7.62. The number of hydrogen-bond donors (Lipinski definition) is 0. The number of ether oxygens (including phenoxy) is 2. The molecule has 0 N–H and O–H groups in total. The van der Waals surface area contributed by atoms with Crippen LogP contribution in [0.15, 0.2) is 76.2 Å². The lowest BCUT2D eigenvalue weighted by molar-refractivity contribution is -0.139. The Morgan fingerprint density at radius 2 is 2.03 bits per heavy atom. The highest BCUT2D eigenvalue weighted by molar-refractivity contribution is 7.07. The molecule has 3 aromatic rings. The van der Waals surface area contributed by atoms with Crippen molar-refractivity contribution in [3.05, 3.63) is 107 Å². The van der Waals surface area contributed by atoms with E-state index in [1.165, 1.54) is 15.9 Å². The summed E-state index contributed by atoms with van der Waals surface area (Å²) in [5.74, 6) is 0.0223. The number of nitrogens with zero attached hydrogens (tertiary/aromatic N) is 2. The summed E-state index contributed by atoms with van der Waals surface area (Å²) >= 11 is 14.0. The Balaban J connectivity index is 1.96. The van der Waals surface area contributed by atoms with Gasteiger partial charge in [-0.3, -0.25) is 9.36 Å². The first-order valence-corrected chi connectivity index (χ1v) is 12.4.